The second-order valence-electron chi connectivity index (χ2n) is 7.52. The van der Waals surface area contributed by atoms with E-state index < -0.39 is 28.6 Å². The van der Waals surface area contributed by atoms with Crippen molar-refractivity contribution in [1.82, 2.24) is 9.97 Å². The lowest BCUT2D eigenvalue weighted by Crippen LogP contribution is -2.20. The maximum absolute atomic E-state index is 14.5. The molecule has 1 heterocycles. The third-order valence-electron chi connectivity index (χ3n) is 4.78. The van der Waals surface area contributed by atoms with Crippen molar-refractivity contribution in [2.45, 2.75) is 19.0 Å². The molecule has 2 aromatic carbocycles. The van der Waals surface area contributed by atoms with E-state index >= 15 is 0 Å². The molecule has 0 bridgehead atoms. The van der Waals surface area contributed by atoms with E-state index in [1.165, 1.54) is 30.6 Å². The van der Waals surface area contributed by atoms with Crippen LogP contribution in [0.3, 0.4) is 0 Å². The van der Waals surface area contributed by atoms with Crippen LogP contribution in [0.1, 0.15) is 18.4 Å². The molecule has 0 saturated heterocycles. The van der Waals surface area contributed by atoms with Crippen LogP contribution < -0.4 is 20.7 Å². The predicted molar refractivity (Wildman–Crippen MR) is 119 cm³/mol. The number of benzene rings is 2. The van der Waals surface area contributed by atoms with E-state index in [1.807, 2.05) is 0 Å². The normalized spacial score (nSPS) is 13.2. The molecule has 1 aliphatic carbocycles. The molecule has 35 heavy (non-hydrogen) atoms. The highest BCUT2D eigenvalue weighted by Gasteiger charge is 2.33. The number of carbonyl (C=O) groups is 2. The molecule has 0 spiro atoms. The summed E-state index contributed by atoms with van der Waals surface area (Å²) in [5, 5.41) is 6.51. The monoisotopic (exact) mass is 509 g/mol. The smallest absolute Gasteiger partial charge is 0.417 e. The fourth-order valence-corrected chi connectivity index (χ4v) is 3.15. The van der Waals surface area contributed by atoms with Gasteiger partial charge in [0, 0.05) is 23.7 Å². The fourth-order valence-electron chi connectivity index (χ4n) is 2.92. The first-order valence-corrected chi connectivity index (χ1v) is 10.5. The van der Waals surface area contributed by atoms with Gasteiger partial charge < -0.3 is 20.7 Å². The number of nitrogens with zero attached hydrogens (tertiary/aromatic N) is 2. The highest BCUT2D eigenvalue weighted by atomic mass is 35.5. The van der Waals surface area contributed by atoms with Crippen LogP contribution in [0.4, 0.5) is 39.5 Å². The van der Waals surface area contributed by atoms with Gasteiger partial charge >= 0.3 is 12.2 Å². The Morgan fingerprint density at radius 3 is 2.46 bits per heavy atom. The summed E-state index contributed by atoms with van der Waals surface area (Å²) in [6, 6.07) is 6.75. The van der Waals surface area contributed by atoms with E-state index in [0.29, 0.717) is 6.07 Å². The summed E-state index contributed by atoms with van der Waals surface area (Å²) in [5.74, 6) is -0.722. The molecule has 3 aromatic rings. The summed E-state index contributed by atoms with van der Waals surface area (Å²) >= 11 is 5.55. The van der Waals surface area contributed by atoms with Crippen molar-refractivity contribution in [3.63, 3.8) is 0 Å². The Morgan fingerprint density at radius 1 is 1.00 bits per heavy atom. The molecule has 0 aliphatic heterocycles. The van der Waals surface area contributed by atoms with Crippen molar-refractivity contribution >= 4 is 40.7 Å². The van der Waals surface area contributed by atoms with Crippen LogP contribution in [0, 0.1) is 11.7 Å². The average Bonchev–Trinajstić information content (AvgIpc) is 3.62. The number of amides is 3. The van der Waals surface area contributed by atoms with Crippen LogP contribution >= 0.6 is 11.6 Å². The minimum atomic E-state index is -4.71. The van der Waals surface area contributed by atoms with Gasteiger partial charge in [-0.15, -0.1) is 0 Å². The Hall–Kier alpha value is -3.93. The topological polar surface area (TPSA) is 105 Å². The van der Waals surface area contributed by atoms with Crippen molar-refractivity contribution < 1.29 is 31.9 Å². The van der Waals surface area contributed by atoms with Crippen molar-refractivity contribution in [2.75, 3.05) is 16.0 Å². The number of alkyl halides is 3. The molecule has 4 rings (SSSR count). The molecule has 0 unspecified atom stereocenters. The van der Waals surface area contributed by atoms with Gasteiger partial charge in [-0.3, -0.25) is 4.79 Å². The summed E-state index contributed by atoms with van der Waals surface area (Å²) < 4.78 is 58.9. The van der Waals surface area contributed by atoms with Crippen LogP contribution in [-0.2, 0) is 11.0 Å². The van der Waals surface area contributed by atoms with Crippen LogP contribution in [0.15, 0.2) is 48.8 Å². The van der Waals surface area contributed by atoms with E-state index in [-0.39, 0.29) is 40.6 Å². The van der Waals surface area contributed by atoms with Crippen molar-refractivity contribution in [1.29, 1.82) is 0 Å². The van der Waals surface area contributed by atoms with Gasteiger partial charge in [-0.1, -0.05) is 11.6 Å². The molecule has 0 radical (unpaired) electrons. The van der Waals surface area contributed by atoms with E-state index in [1.54, 1.807) is 0 Å². The van der Waals surface area contributed by atoms with Crippen molar-refractivity contribution in [2.24, 2.45) is 5.92 Å². The quantitative estimate of drug-likeness (QED) is 0.350. The van der Waals surface area contributed by atoms with Gasteiger partial charge in [0.2, 0.25) is 11.8 Å². The number of aromatic nitrogens is 2. The van der Waals surface area contributed by atoms with Gasteiger partial charge in [-0.2, -0.15) is 13.2 Å². The molecule has 0 atom stereocenters. The molecule has 3 N–H and O–H groups in total. The molecule has 182 valence electrons. The molecule has 1 fully saturated rings. The highest BCUT2D eigenvalue weighted by molar-refractivity contribution is 6.31. The van der Waals surface area contributed by atoms with Gasteiger partial charge in [-0.25, -0.2) is 19.2 Å². The van der Waals surface area contributed by atoms with Crippen molar-refractivity contribution in [3.05, 3.63) is 65.2 Å². The first-order valence-electron chi connectivity index (χ1n) is 10.1. The van der Waals surface area contributed by atoms with E-state index in [0.717, 1.165) is 25.0 Å². The van der Waals surface area contributed by atoms with Crippen LogP contribution in [-0.4, -0.2) is 21.9 Å². The second-order valence-corrected chi connectivity index (χ2v) is 7.93. The summed E-state index contributed by atoms with van der Waals surface area (Å²) in [5.41, 5.74) is -1.56. The minimum Gasteiger partial charge on any atom is -0.439 e. The van der Waals surface area contributed by atoms with Gasteiger partial charge in [-0.05, 0) is 43.2 Å². The summed E-state index contributed by atoms with van der Waals surface area (Å²) in [7, 11) is 0. The van der Waals surface area contributed by atoms with E-state index in [2.05, 4.69) is 25.9 Å². The highest BCUT2D eigenvalue weighted by Crippen LogP contribution is 2.36. The number of ether oxygens (including phenoxy) is 1. The van der Waals surface area contributed by atoms with Gasteiger partial charge in [0.15, 0.2) is 0 Å². The van der Waals surface area contributed by atoms with Gasteiger partial charge in [0.1, 0.15) is 23.7 Å². The third-order valence-corrected chi connectivity index (χ3v) is 5.11. The number of anilines is 3. The molecule has 8 nitrogen and oxygen atoms in total. The zero-order chi connectivity index (χ0) is 25.2. The van der Waals surface area contributed by atoms with Crippen molar-refractivity contribution in [3.8, 4) is 11.6 Å². The lowest BCUT2D eigenvalue weighted by molar-refractivity contribution is -0.137. The van der Waals surface area contributed by atoms with E-state index in [9.17, 15) is 27.2 Å². The molecule has 1 aliphatic rings. The Labute approximate surface area is 200 Å². The maximum atomic E-state index is 14.5. The Balaban J connectivity index is 1.39. The average molecular weight is 510 g/mol. The summed E-state index contributed by atoms with van der Waals surface area (Å²) in [6.07, 6.45) is -1.88. The van der Waals surface area contributed by atoms with Gasteiger partial charge in [0.25, 0.3) is 0 Å². The van der Waals surface area contributed by atoms with Crippen LogP contribution in [0.25, 0.3) is 0 Å². The molecular formula is C22H16ClF4N5O3. The number of carbonyl (C=O) groups excluding carboxylic acids is 2. The predicted octanol–water partition coefficient (Wildman–Crippen LogP) is 6.07. The number of rotatable bonds is 6. The number of urea groups is 1. The molecule has 1 saturated carbocycles. The number of hydrogen-bond donors (Lipinski definition) is 3. The Kier molecular flexibility index (Phi) is 6.74. The largest absolute Gasteiger partial charge is 0.439 e. The standard InChI is InChI=1S/C22H16ClF4N5O3/c23-15-5-3-12(7-14(15)22(25,26)27)30-21(34)31-17-6-4-13(8-16(17)24)35-19-9-18(28-10-29-19)32-20(33)11-1-2-11/h3-11H,1-2H2,(H2,30,31,34)(H,28,29,32,33). The number of halogens is 5. The number of hydrogen-bond acceptors (Lipinski definition) is 5. The molecule has 1 aromatic heterocycles. The summed E-state index contributed by atoms with van der Waals surface area (Å²) in [4.78, 5) is 31.8. The Bertz CT molecular complexity index is 1280. The number of nitrogens with one attached hydrogen (secondary N) is 3. The fraction of sp³-hybridized carbons (Fsp3) is 0.182. The van der Waals surface area contributed by atoms with Crippen LogP contribution in [0.2, 0.25) is 5.02 Å². The first-order chi connectivity index (χ1) is 16.6. The minimum absolute atomic E-state index is 0.0212. The summed E-state index contributed by atoms with van der Waals surface area (Å²) in [6.45, 7) is 0. The molecule has 3 amide bonds. The third kappa shape index (κ3) is 6.35. The first kappa shape index (κ1) is 24.2. The second kappa shape index (κ2) is 9.74. The molecular weight excluding hydrogens is 494 g/mol. The zero-order valence-electron chi connectivity index (χ0n) is 17.6. The van der Waals surface area contributed by atoms with Gasteiger partial charge in [0.05, 0.1) is 16.3 Å². The zero-order valence-corrected chi connectivity index (χ0v) is 18.4. The maximum Gasteiger partial charge on any atom is 0.417 e. The van der Waals surface area contributed by atoms with Crippen LogP contribution in [0.5, 0.6) is 11.6 Å². The Morgan fingerprint density at radius 2 is 1.77 bits per heavy atom. The lowest BCUT2D eigenvalue weighted by atomic mass is 10.2. The van der Waals surface area contributed by atoms with E-state index in [4.69, 9.17) is 16.3 Å². The lowest BCUT2D eigenvalue weighted by Gasteiger charge is -2.13. The SMILES string of the molecule is O=C(Nc1ccc(Cl)c(C(F)(F)F)c1)Nc1ccc(Oc2cc(NC(=O)C3CC3)ncn2)cc1F. The molecule has 13 heteroatoms.